The van der Waals surface area contributed by atoms with E-state index in [4.69, 9.17) is 0 Å². The molecule has 5 heteroatoms. The van der Waals surface area contributed by atoms with Gasteiger partial charge in [-0.2, -0.15) is 0 Å². The van der Waals surface area contributed by atoms with Crippen LogP contribution in [0.1, 0.15) is 23.5 Å². The molecule has 0 spiro atoms. The van der Waals surface area contributed by atoms with E-state index in [0.29, 0.717) is 19.5 Å². The maximum atomic E-state index is 12.7. The Morgan fingerprint density at radius 2 is 1.33 bits per heavy atom. The lowest BCUT2D eigenvalue weighted by molar-refractivity contribution is -0.131. The van der Waals surface area contributed by atoms with Gasteiger partial charge in [0.15, 0.2) is 9.84 Å². The number of sulfone groups is 1. The van der Waals surface area contributed by atoms with Crippen LogP contribution in [0.5, 0.6) is 0 Å². The highest BCUT2D eigenvalue weighted by Gasteiger charge is 2.27. The summed E-state index contributed by atoms with van der Waals surface area (Å²) in [5.74, 6) is 0.140. The molecule has 0 atom stereocenters. The number of carbonyl (C=O) groups excluding carboxylic acids is 1. The maximum Gasteiger partial charge on any atom is 0.223 e. The van der Waals surface area contributed by atoms with Gasteiger partial charge in [-0.3, -0.25) is 4.79 Å². The molecule has 2 aromatic carbocycles. The quantitative estimate of drug-likeness (QED) is 0.857. The minimum atomic E-state index is -2.98. The van der Waals surface area contributed by atoms with Gasteiger partial charge in [0, 0.05) is 25.4 Å². The second kappa shape index (κ2) is 7.18. The molecule has 1 aliphatic heterocycles. The number of hydrogen-bond acceptors (Lipinski definition) is 3. The van der Waals surface area contributed by atoms with Crippen LogP contribution in [-0.4, -0.2) is 43.8 Å². The van der Waals surface area contributed by atoms with E-state index in [-0.39, 0.29) is 23.3 Å². The molecule has 3 rings (SSSR count). The summed E-state index contributed by atoms with van der Waals surface area (Å²) in [5, 5.41) is 0. The molecule has 0 aromatic heterocycles. The van der Waals surface area contributed by atoms with Crippen LogP contribution >= 0.6 is 0 Å². The number of hydrogen-bond donors (Lipinski definition) is 0. The summed E-state index contributed by atoms with van der Waals surface area (Å²) < 4.78 is 23.1. The predicted octanol–water partition coefficient (Wildman–Crippen LogP) is 2.47. The average Bonchev–Trinajstić information content (AvgIpc) is 2.61. The first-order valence-corrected chi connectivity index (χ1v) is 9.95. The second-order valence-corrected chi connectivity index (χ2v) is 8.41. The third-order valence-corrected chi connectivity index (χ3v) is 6.09. The maximum absolute atomic E-state index is 12.7. The van der Waals surface area contributed by atoms with Crippen molar-refractivity contribution < 1.29 is 13.2 Å². The zero-order valence-electron chi connectivity index (χ0n) is 13.5. The Balaban J connectivity index is 1.79. The second-order valence-electron chi connectivity index (χ2n) is 6.11. The van der Waals surface area contributed by atoms with Crippen molar-refractivity contribution >= 4 is 15.7 Å². The van der Waals surface area contributed by atoms with Crippen molar-refractivity contribution in [2.45, 2.75) is 12.3 Å². The summed E-state index contributed by atoms with van der Waals surface area (Å²) in [5.41, 5.74) is 2.20. The van der Waals surface area contributed by atoms with E-state index in [1.54, 1.807) is 4.90 Å². The van der Waals surface area contributed by atoms with E-state index in [2.05, 4.69) is 0 Å². The highest BCUT2D eigenvalue weighted by atomic mass is 32.2. The van der Waals surface area contributed by atoms with Crippen LogP contribution in [0.25, 0.3) is 0 Å². The van der Waals surface area contributed by atoms with Crippen molar-refractivity contribution in [2.75, 3.05) is 24.6 Å². The van der Waals surface area contributed by atoms with E-state index in [9.17, 15) is 13.2 Å². The van der Waals surface area contributed by atoms with Crippen molar-refractivity contribution in [2.24, 2.45) is 0 Å². The fourth-order valence-corrected chi connectivity index (χ4v) is 4.27. The van der Waals surface area contributed by atoms with Gasteiger partial charge in [0.25, 0.3) is 0 Å². The van der Waals surface area contributed by atoms with Crippen molar-refractivity contribution in [3.05, 3.63) is 71.8 Å². The summed E-state index contributed by atoms with van der Waals surface area (Å²) in [6.45, 7) is 0.606. The smallest absolute Gasteiger partial charge is 0.223 e. The number of nitrogens with zero attached hydrogens (tertiary/aromatic N) is 1. The van der Waals surface area contributed by atoms with Crippen LogP contribution in [0, 0.1) is 0 Å². The summed E-state index contributed by atoms with van der Waals surface area (Å²) in [6.07, 6.45) is 0.355. The minimum absolute atomic E-state index is 0.0153. The van der Waals surface area contributed by atoms with Gasteiger partial charge in [-0.25, -0.2) is 8.42 Å². The normalized spacial score (nSPS) is 17.0. The largest absolute Gasteiger partial charge is 0.341 e. The van der Waals surface area contributed by atoms with Crippen LogP contribution in [0.15, 0.2) is 60.7 Å². The van der Waals surface area contributed by atoms with Gasteiger partial charge in [-0.1, -0.05) is 60.7 Å². The van der Waals surface area contributed by atoms with E-state index >= 15 is 0 Å². The third kappa shape index (κ3) is 4.03. The zero-order valence-corrected chi connectivity index (χ0v) is 14.3. The third-order valence-electron chi connectivity index (χ3n) is 4.48. The predicted molar refractivity (Wildman–Crippen MR) is 94.6 cm³/mol. The molecule has 24 heavy (non-hydrogen) atoms. The van der Waals surface area contributed by atoms with Gasteiger partial charge in [0.1, 0.15) is 0 Å². The highest BCUT2D eigenvalue weighted by Crippen LogP contribution is 2.28. The number of benzene rings is 2. The number of amides is 1. The molecule has 1 heterocycles. The molecule has 1 aliphatic rings. The Hall–Kier alpha value is -2.14. The molecule has 0 unspecified atom stereocenters. The lowest BCUT2D eigenvalue weighted by Crippen LogP contribution is -2.44. The molecule has 0 radical (unpaired) electrons. The Morgan fingerprint density at radius 3 is 1.79 bits per heavy atom. The lowest BCUT2D eigenvalue weighted by atomic mass is 9.88. The molecule has 0 aliphatic carbocycles. The lowest BCUT2D eigenvalue weighted by Gasteiger charge is -2.28. The SMILES string of the molecule is O=C(CC(c1ccccc1)c1ccccc1)N1CCS(=O)(=O)CC1. The summed E-state index contributed by atoms with van der Waals surface area (Å²) >= 11 is 0. The molecule has 2 aromatic rings. The van der Waals surface area contributed by atoms with Gasteiger partial charge >= 0.3 is 0 Å². The van der Waals surface area contributed by atoms with Gasteiger partial charge < -0.3 is 4.90 Å². The van der Waals surface area contributed by atoms with Crippen molar-refractivity contribution in [1.29, 1.82) is 0 Å². The van der Waals surface area contributed by atoms with Crippen LogP contribution in [0.4, 0.5) is 0 Å². The molecule has 0 bridgehead atoms. The first-order valence-electron chi connectivity index (χ1n) is 8.13. The number of carbonyl (C=O) groups is 1. The summed E-state index contributed by atoms with van der Waals surface area (Å²) in [7, 11) is -2.98. The highest BCUT2D eigenvalue weighted by molar-refractivity contribution is 7.91. The molecule has 126 valence electrons. The van der Waals surface area contributed by atoms with Crippen molar-refractivity contribution in [1.82, 2.24) is 4.90 Å². The topological polar surface area (TPSA) is 54.5 Å². The van der Waals surface area contributed by atoms with E-state index in [1.807, 2.05) is 60.7 Å². The van der Waals surface area contributed by atoms with Crippen molar-refractivity contribution in [3.63, 3.8) is 0 Å². The van der Waals surface area contributed by atoms with Crippen LogP contribution in [0.3, 0.4) is 0 Å². The van der Waals surface area contributed by atoms with E-state index < -0.39 is 9.84 Å². The van der Waals surface area contributed by atoms with Crippen LogP contribution < -0.4 is 0 Å². The number of rotatable bonds is 4. The fourth-order valence-electron chi connectivity index (χ4n) is 3.06. The van der Waals surface area contributed by atoms with Gasteiger partial charge in [-0.15, -0.1) is 0 Å². The first kappa shape index (κ1) is 16.7. The Morgan fingerprint density at radius 1 is 0.875 bits per heavy atom. The summed E-state index contributed by atoms with van der Waals surface area (Å²) in [6, 6.07) is 20.0. The Kier molecular flexibility index (Phi) is 5.00. The molecule has 1 saturated heterocycles. The van der Waals surface area contributed by atoms with Gasteiger partial charge in [0.05, 0.1) is 11.5 Å². The molecule has 1 fully saturated rings. The average molecular weight is 343 g/mol. The van der Waals surface area contributed by atoms with Crippen molar-refractivity contribution in [3.8, 4) is 0 Å². The van der Waals surface area contributed by atoms with E-state index in [1.165, 1.54) is 0 Å². The molecule has 0 N–H and O–H groups in total. The molecule has 1 amide bonds. The molecular weight excluding hydrogens is 322 g/mol. The zero-order chi connectivity index (χ0) is 17.0. The standard InChI is InChI=1S/C19H21NO3S/c21-19(20-11-13-24(22,23)14-12-20)15-18(16-7-3-1-4-8-16)17-9-5-2-6-10-17/h1-10,18H,11-15H2. The Labute approximate surface area is 143 Å². The summed E-state index contributed by atoms with van der Waals surface area (Å²) in [4.78, 5) is 14.4. The molecular formula is C19H21NO3S. The van der Waals surface area contributed by atoms with Gasteiger partial charge in [-0.05, 0) is 11.1 Å². The van der Waals surface area contributed by atoms with Crippen LogP contribution in [-0.2, 0) is 14.6 Å². The first-order chi connectivity index (χ1) is 11.6. The monoisotopic (exact) mass is 343 g/mol. The molecule has 4 nitrogen and oxygen atoms in total. The van der Waals surface area contributed by atoms with E-state index in [0.717, 1.165) is 11.1 Å². The van der Waals surface area contributed by atoms with Gasteiger partial charge in [0.2, 0.25) is 5.91 Å². The minimum Gasteiger partial charge on any atom is -0.341 e. The molecule has 0 saturated carbocycles. The van der Waals surface area contributed by atoms with Crippen LogP contribution in [0.2, 0.25) is 0 Å². The fraction of sp³-hybridized carbons (Fsp3) is 0.316. The Bertz CT molecular complexity index is 734.